The first-order valence-electron chi connectivity index (χ1n) is 26.5. The number of aromatic nitrogens is 8. The van der Waals surface area contributed by atoms with Gasteiger partial charge in [-0.05, 0) is 81.3 Å². The lowest BCUT2D eigenvalue weighted by Gasteiger charge is -2.43. The van der Waals surface area contributed by atoms with Crippen molar-refractivity contribution in [3.63, 3.8) is 0 Å². The van der Waals surface area contributed by atoms with E-state index in [1.54, 1.807) is 21.2 Å². The summed E-state index contributed by atoms with van der Waals surface area (Å²) in [6.45, 7) is 7.18. The quantitative estimate of drug-likeness (QED) is 0.113. The summed E-state index contributed by atoms with van der Waals surface area (Å²) in [7, 11) is 2.11. The van der Waals surface area contributed by atoms with Crippen LogP contribution in [-0.2, 0) is 29.0 Å². The molecule has 1 saturated carbocycles. The van der Waals surface area contributed by atoms with E-state index in [4.69, 9.17) is 41.0 Å². The van der Waals surface area contributed by atoms with E-state index in [0.29, 0.717) is 118 Å². The van der Waals surface area contributed by atoms with Crippen LogP contribution in [0.25, 0.3) is 27.5 Å². The number of piperazine rings is 2. The van der Waals surface area contributed by atoms with E-state index >= 15 is 0 Å². The number of nitrogens with zero attached hydrogens (tertiary/aromatic N) is 14. The van der Waals surface area contributed by atoms with Gasteiger partial charge in [0.05, 0.1) is 60.0 Å². The third-order valence-electron chi connectivity index (χ3n) is 15.8. The second kappa shape index (κ2) is 21.1. The average molecular weight is 1070 g/mol. The summed E-state index contributed by atoms with van der Waals surface area (Å²) >= 11 is 6.80. The number of halogens is 3. The molecule has 2 amide bonds. The van der Waals surface area contributed by atoms with Crippen LogP contribution in [0.15, 0.2) is 54.7 Å². The zero-order valence-electron chi connectivity index (χ0n) is 43.0. The first-order chi connectivity index (χ1) is 37.5. The minimum atomic E-state index is -1.02. The van der Waals surface area contributed by atoms with E-state index in [9.17, 15) is 23.6 Å². The smallest absolute Gasteiger partial charge is 0.409 e. The van der Waals surface area contributed by atoms with Crippen molar-refractivity contribution in [2.75, 3.05) is 99.2 Å². The summed E-state index contributed by atoms with van der Waals surface area (Å²) in [5.74, 6) is -0.482. The van der Waals surface area contributed by atoms with Gasteiger partial charge in [-0.15, -0.1) is 0 Å². The Hall–Kier alpha value is -7.64. The topological polar surface area (TPSA) is 205 Å². The van der Waals surface area contributed by atoms with Gasteiger partial charge >= 0.3 is 12.1 Å². The fourth-order valence-corrected chi connectivity index (χ4v) is 11.6. The monoisotopic (exact) mass is 1070 g/mol. The van der Waals surface area contributed by atoms with Gasteiger partial charge in [-0.3, -0.25) is 4.79 Å². The highest BCUT2D eigenvalue weighted by molar-refractivity contribution is 6.36. The molecule has 400 valence electrons. The lowest BCUT2D eigenvalue weighted by Crippen LogP contribution is -2.57. The number of benzene rings is 3. The van der Waals surface area contributed by atoms with E-state index < -0.39 is 29.7 Å². The highest BCUT2D eigenvalue weighted by Gasteiger charge is 2.37. The van der Waals surface area contributed by atoms with Crippen molar-refractivity contribution < 1.29 is 27.8 Å². The van der Waals surface area contributed by atoms with Crippen molar-refractivity contribution in [2.24, 2.45) is 5.92 Å². The van der Waals surface area contributed by atoms with Crippen LogP contribution in [0.5, 0.6) is 6.01 Å². The maximum Gasteiger partial charge on any atom is 0.409 e. The Morgan fingerprint density at radius 1 is 0.922 bits per heavy atom. The third kappa shape index (κ3) is 10.0. The molecule has 0 spiro atoms. The molecule has 3 aromatic carbocycles. The SMILES string of the molecule is CC(COC(=O)N1CCN(c2nc(NCc3nc4c(F)c(F)ccc4[nH]3)n3ncc(C4CC4)c3n2)CC1)C(=O)N1CCN(c2nc(OC[C@@H]3CCCN3C)nc3c2CCN(c2cccc4cccc(Cl)c24)C3)C[C@@H]1CC#N. The Morgan fingerprint density at radius 2 is 1.74 bits per heavy atom. The van der Waals surface area contributed by atoms with Crippen LogP contribution in [0.1, 0.15) is 67.6 Å². The molecule has 12 rings (SSSR count). The zero-order valence-corrected chi connectivity index (χ0v) is 43.7. The Kier molecular flexibility index (Phi) is 13.7. The lowest BCUT2D eigenvalue weighted by atomic mass is 10.0. The van der Waals surface area contributed by atoms with Crippen LogP contribution in [-0.4, -0.2) is 157 Å². The largest absolute Gasteiger partial charge is 0.462 e. The molecular weight excluding hydrogens is 1010 g/mol. The van der Waals surface area contributed by atoms with Gasteiger partial charge < -0.3 is 49.2 Å². The number of fused-ring (bicyclic) bond motifs is 4. The molecule has 5 aliphatic rings. The predicted octanol–water partition coefficient (Wildman–Crippen LogP) is 6.93. The van der Waals surface area contributed by atoms with E-state index in [0.717, 1.165) is 77.4 Å². The van der Waals surface area contributed by atoms with Crippen LogP contribution < -0.4 is 24.8 Å². The molecule has 1 unspecified atom stereocenters. The molecule has 23 heteroatoms. The number of carbonyl (C=O) groups excluding carboxylic acids is 2. The van der Waals surface area contributed by atoms with Crippen molar-refractivity contribution in [1.29, 1.82) is 5.26 Å². The predicted molar refractivity (Wildman–Crippen MR) is 285 cm³/mol. The van der Waals surface area contributed by atoms with Crippen LogP contribution in [0.4, 0.5) is 37.0 Å². The van der Waals surface area contributed by atoms with Crippen molar-refractivity contribution in [2.45, 2.75) is 76.5 Å². The number of rotatable bonds is 14. The summed E-state index contributed by atoms with van der Waals surface area (Å²) in [5, 5.41) is 20.7. The molecule has 7 aromatic rings. The lowest BCUT2D eigenvalue weighted by molar-refractivity contribution is -0.139. The maximum atomic E-state index is 14.5. The second-order valence-corrected chi connectivity index (χ2v) is 21.2. The Labute approximate surface area is 447 Å². The number of imidazole rings is 1. The highest BCUT2D eigenvalue weighted by Crippen LogP contribution is 2.42. The molecular formula is C54H59ClF2N16O4. The highest BCUT2D eigenvalue weighted by atomic mass is 35.5. The normalized spacial score (nSPS) is 19.5. The Bertz CT molecular complexity index is 3430. The van der Waals surface area contributed by atoms with Gasteiger partial charge in [0, 0.05) is 80.6 Å². The molecule has 77 heavy (non-hydrogen) atoms. The van der Waals surface area contributed by atoms with E-state index in [-0.39, 0.29) is 37.0 Å². The number of likely N-dealkylation sites (N-methyl/N-ethyl adjacent to an activating group) is 1. The van der Waals surface area contributed by atoms with Crippen LogP contribution in [0.3, 0.4) is 0 Å². The number of anilines is 4. The van der Waals surface area contributed by atoms with Crippen LogP contribution in [0, 0.1) is 28.9 Å². The Morgan fingerprint density at radius 3 is 2.53 bits per heavy atom. The standard InChI is InChI=1S/C54H59ClF2N16O4/c1-32(30-77-54(75)69-22-20-68(21-23-69)52-64-49-38(33-11-12-33)26-60-73(49)51(66-52)59-27-44-61-41-14-13-40(56)46(57)47(41)63-44)50(74)72-25-24-71(28-35(72)15-17-58)48-37-16-19-70(43-10-4-7-34-6-3-9-39(55)45(34)43)29-42(37)62-53(65-48)76-31-36-8-5-18-67(36)2/h3-4,6-7,9-10,13-14,26,32-33,35-36H,5,8,11-12,15-16,18-25,27-31H2,1-2H3,(H,61,63)(H,59,64,66)/t32?,35-,36-/m0/s1. The molecule has 0 radical (unpaired) electrons. The number of nitrogens with one attached hydrogen (secondary N) is 2. The number of aromatic amines is 1. The van der Waals surface area contributed by atoms with Crippen molar-refractivity contribution >= 4 is 74.5 Å². The van der Waals surface area contributed by atoms with Crippen LogP contribution >= 0.6 is 11.6 Å². The molecule has 4 aromatic heterocycles. The molecule has 8 heterocycles. The first kappa shape index (κ1) is 50.2. The third-order valence-corrected chi connectivity index (χ3v) is 16.1. The summed E-state index contributed by atoms with van der Waals surface area (Å²) < 4.78 is 42.2. The fourth-order valence-electron chi connectivity index (χ4n) is 11.3. The van der Waals surface area contributed by atoms with E-state index in [2.05, 4.69) is 72.5 Å². The average Bonchev–Trinajstić information content (AvgIpc) is 3.86. The maximum absolute atomic E-state index is 14.5. The summed E-state index contributed by atoms with van der Waals surface area (Å²) in [6, 6.07) is 17.1. The van der Waals surface area contributed by atoms with Gasteiger partial charge in [-0.25, -0.2) is 18.6 Å². The molecule has 20 nitrogen and oxygen atoms in total. The molecule has 1 aliphatic carbocycles. The van der Waals surface area contributed by atoms with Gasteiger partial charge in [0.15, 0.2) is 17.3 Å². The number of amides is 2. The van der Waals surface area contributed by atoms with Crippen molar-refractivity contribution in [1.82, 2.24) is 54.2 Å². The number of hydrogen-bond donors (Lipinski definition) is 2. The molecule has 0 bridgehead atoms. The minimum Gasteiger partial charge on any atom is -0.462 e. The second-order valence-electron chi connectivity index (χ2n) is 20.8. The molecule has 3 saturated heterocycles. The fraction of sp³-hybridized carbons (Fsp3) is 0.463. The molecule has 3 atom stereocenters. The summed E-state index contributed by atoms with van der Waals surface area (Å²) in [5.41, 5.74) is 4.92. The van der Waals surface area contributed by atoms with Gasteiger partial charge in [0.25, 0.3) is 0 Å². The number of nitriles is 1. The number of likely N-dealkylation sites (tertiary alicyclic amines) is 1. The van der Waals surface area contributed by atoms with Crippen LogP contribution in [0.2, 0.25) is 5.02 Å². The van der Waals surface area contributed by atoms with Gasteiger partial charge in [-0.2, -0.15) is 34.8 Å². The number of H-pyrrole nitrogens is 1. The van der Waals surface area contributed by atoms with Crippen molar-refractivity contribution in [3.05, 3.63) is 94.0 Å². The molecule has 2 N–H and O–H groups in total. The zero-order chi connectivity index (χ0) is 52.9. The number of ether oxygens (including phenoxy) is 2. The van der Waals surface area contributed by atoms with Crippen molar-refractivity contribution in [3.8, 4) is 12.1 Å². The summed E-state index contributed by atoms with van der Waals surface area (Å²) in [6.07, 6.45) is 6.31. The van der Waals surface area contributed by atoms with Gasteiger partial charge in [-0.1, -0.05) is 42.8 Å². The molecule has 4 fully saturated rings. The van der Waals surface area contributed by atoms with E-state index in [1.807, 2.05) is 23.2 Å². The molecule has 4 aliphatic heterocycles. The number of carbonyl (C=O) groups is 2. The number of hydrogen-bond acceptors (Lipinski definition) is 16. The first-order valence-corrected chi connectivity index (χ1v) is 26.9. The van der Waals surface area contributed by atoms with Gasteiger partial charge in [0.2, 0.25) is 17.8 Å². The Balaban J connectivity index is 0.689. The van der Waals surface area contributed by atoms with E-state index in [1.165, 1.54) is 6.07 Å². The minimum absolute atomic E-state index is 0.0832. The summed E-state index contributed by atoms with van der Waals surface area (Å²) in [4.78, 5) is 67.2. The van der Waals surface area contributed by atoms with Gasteiger partial charge in [0.1, 0.15) is 30.4 Å².